The number of hydrogen-bond acceptors (Lipinski definition) is 8. The standard InChI is InChI=1S/C26H28FN3O2.C6H8O7/c1-20(31)29-26(23-8-10-24(27)11-9-23)12-15-30(16-13-26)18-22-6-2-3-7-25(22)32-19-21-5-4-14-28-17-21;7-3(8)1-6(13,5(11)12)2-4(9)10/h2-11,14,17H,12-13,15-16,18-19H2,1H3,(H,29,31);13H,1-2H2,(H,7,8)(H,9,10)(H,11,12). The van der Waals surface area contributed by atoms with Gasteiger partial charge in [0, 0.05) is 50.1 Å². The highest BCUT2D eigenvalue weighted by molar-refractivity contribution is 5.88. The molecule has 1 aliphatic heterocycles. The number of piperidine rings is 1. The maximum atomic E-state index is 13.4. The Hall–Kier alpha value is -4.88. The molecule has 0 saturated carbocycles. The molecule has 1 saturated heterocycles. The number of hydrogen-bond donors (Lipinski definition) is 5. The van der Waals surface area contributed by atoms with Gasteiger partial charge in [-0.2, -0.15) is 0 Å². The monoisotopic (exact) mass is 625 g/mol. The fourth-order valence-corrected chi connectivity index (χ4v) is 5.06. The van der Waals surface area contributed by atoms with Crippen LogP contribution in [0.1, 0.15) is 49.3 Å². The fraction of sp³-hybridized carbons (Fsp3) is 0.344. The molecular weight excluding hydrogens is 589 g/mol. The van der Waals surface area contributed by atoms with Gasteiger partial charge in [-0.1, -0.05) is 36.4 Å². The van der Waals surface area contributed by atoms with Crippen molar-refractivity contribution in [2.24, 2.45) is 0 Å². The fourth-order valence-electron chi connectivity index (χ4n) is 5.06. The molecule has 5 N–H and O–H groups in total. The number of rotatable bonds is 12. The van der Waals surface area contributed by atoms with Crippen molar-refractivity contribution in [3.63, 3.8) is 0 Å². The second-order valence-electron chi connectivity index (χ2n) is 10.8. The van der Waals surface area contributed by atoms with Gasteiger partial charge in [0.25, 0.3) is 0 Å². The Morgan fingerprint density at radius 2 is 1.58 bits per heavy atom. The number of nitrogens with zero attached hydrogens (tertiary/aromatic N) is 2. The quantitative estimate of drug-likeness (QED) is 0.199. The molecule has 12 nitrogen and oxygen atoms in total. The molecule has 0 bridgehead atoms. The smallest absolute Gasteiger partial charge is 0.336 e. The van der Waals surface area contributed by atoms with Crippen LogP contribution in [0.15, 0.2) is 73.1 Å². The molecule has 0 spiro atoms. The zero-order valence-electron chi connectivity index (χ0n) is 24.7. The number of carbonyl (C=O) groups excluding carboxylic acids is 1. The summed E-state index contributed by atoms with van der Waals surface area (Å²) in [5.41, 5.74) is -0.0943. The van der Waals surface area contributed by atoms with Crippen molar-refractivity contribution in [2.45, 2.75) is 56.9 Å². The molecular formula is C32H36FN3O9. The molecule has 1 aliphatic rings. The van der Waals surface area contributed by atoms with Gasteiger partial charge < -0.3 is 30.5 Å². The summed E-state index contributed by atoms with van der Waals surface area (Å²) in [6.45, 7) is 4.40. The average molecular weight is 626 g/mol. The van der Waals surface area contributed by atoms with Crippen molar-refractivity contribution in [2.75, 3.05) is 13.1 Å². The number of pyridine rings is 1. The Balaban J connectivity index is 0.000000360. The lowest BCUT2D eigenvalue weighted by Gasteiger charge is -2.42. The normalized spacial score (nSPS) is 14.4. The van der Waals surface area contributed by atoms with Crippen LogP contribution in [0.2, 0.25) is 0 Å². The zero-order chi connectivity index (χ0) is 33.0. The molecule has 240 valence electrons. The minimum Gasteiger partial charge on any atom is -0.489 e. The highest BCUT2D eigenvalue weighted by Crippen LogP contribution is 2.34. The van der Waals surface area contributed by atoms with E-state index in [0.717, 1.165) is 54.9 Å². The number of nitrogens with one attached hydrogen (secondary N) is 1. The topological polar surface area (TPSA) is 187 Å². The van der Waals surface area contributed by atoms with Crippen molar-refractivity contribution in [3.05, 3.63) is 95.6 Å². The largest absolute Gasteiger partial charge is 0.489 e. The number of aliphatic carboxylic acids is 3. The van der Waals surface area contributed by atoms with Crippen molar-refractivity contribution < 1.29 is 48.7 Å². The predicted octanol–water partition coefficient (Wildman–Crippen LogP) is 3.18. The number of carbonyl (C=O) groups is 4. The molecule has 1 fully saturated rings. The van der Waals surface area contributed by atoms with Crippen molar-refractivity contribution in [3.8, 4) is 5.75 Å². The number of halogens is 1. The molecule has 3 aromatic rings. The second kappa shape index (κ2) is 15.7. The van der Waals surface area contributed by atoms with Gasteiger partial charge in [0.15, 0.2) is 5.60 Å². The maximum Gasteiger partial charge on any atom is 0.336 e. The van der Waals surface area contributed by atoms with Crippen molar-refractivity contribution in [1.82, 2.24) is 15.2 Å². The number of aliphatic hydroxyl groups is 1. The Bertz CT molecular complexity index is 1440. The van der Waals surface area contributed by atoms with E-state index in [2.05, 4.69) is 21.3 Å². The summed E-state index contributed by atoms with van der Waals surface area (Å²) in [5.74, 6) is -4.49. The molecule has 0 atom stereocenters. The van der Waals surface area contributed by atoms with Gasteiger partial charge in [-0.3, -0.25) is 24.3 Å². The lowest BCUT2D eigenvalue weighted by Crippen LogP contribution is -2.52. The second-order valence-corrected chi connectivity index (χ2v) is 10.8. The molecule has 13 heteroatoms. The van der Waals surface area contributed by atoms with Crippen LogP contribution in [0.3, 0.4) is 0 Å². The van der Waals surface area contributed by atoms with Crippen LogP contribution < -0.4 is 10.1 Å². The molecule has 1 aromatic heterocycles. The summed E-state index contributed by atoms with van der Waals surface area (Å²) < 4.78 is 19.5. The van der Waals surface area contributed by atoms with Gasteiger partial charge in [0.05, 0.1) is 18.4 Å². The van der Waals surface area contributed by atoms with Crippen LogP contribution in [-0.2, 0) is 37.9 Å². The number of ether oxygens (including phenoxy) is 1. The van der Waals surface area contributed by atoms with Gasteiger partial charge in [-0.25, -0.2) is 9.18 Å². The van der Waals surface area contributed by atoms with Gasteiger partial charge in [0.1, 0.15) is 18.2 Å². The molecule has 1 amide bonds. The molecule has 0 unspecified atom stereocenters. The molecule has 2 aromatic carbocycles. The third kappa shape index (κ3) is 10.4. The zero-order valence-corrected chi connectivity index (χ0v) is 24.7. The van der Waals surface area contributed by atoms with Crippen molar-refractivity contribution >= 4 is 23.8 Å². The van der Waals surface area contributed by atoms with Gasteiger partial charge >= 0.3 is 17.9 Å². The minimum absolute atomic E-state index is 0.0723. The number of aromatic nitrogens is 1. The number of carboxylic acid groups (broad SMARTS) is 3. The summed E-state index contributed by atoms with van der Waals surface area (Å²) in [4.78, 5) is 48.9. The highest BCUT2D eigenvalue weighted by atomic mass is 19.1. The van der Waals surface area contributed by atoms with Crippen LogP contribution in [0.25, 0.3) is 0 Å². The minimum atomic E-state index is -2.74. The van der Waals surface area contributed by atoms with Gasteiger partial charge in [-0.15, -0.1) is 0 Å². The summed E-state index contributed by atoms with van der Waals surface area (Å²) in [5, 5.41) is 37.0. The van der Waals surface area contributed by atoms with Crippen LogP contribution >= 0.6 is 0 Å². The molecule has 2 heterocycles. The average Bonchev–Trinajstić information content (AvgIpc) is 2.98. The summed E-state index contributed by atoms with van der Waals surface area (Å²) >= 11 is 0. The number of benzene rings is 2. The van der Waals surface area contributed by atoms with E-state index in [1.54, 1.807) is 18.3 Å². The van der Waals surface area contributed by atoms with E-state index in [4.69, 9.17) is 25.2 Å². The summed E-state index contributed by atoms with van der Waals surface area (Å²) in [6.07, 6.45) is 2.79. The first kappa shape index (κ1) is 34.6. The molecule has 4 rings (SSSR count). The third-order valence-corrected chi connectivity index (χ3v) is 7.29. The van der Waals surface area contributed by atoms with Crippen LogP contribution in [0.5, 0.6) is 5.75 Å². The van der Waals surface area contributed by atoms with E-state index in [9.17, 15) is 23.6 Å². The number of amides is 1. The van der Waals surface area contributed by atoms with E-state index in [0.29, 0.717) is 6.61 Å². The van der Waals surface area contributed by atoms with Gasteiger partial charge in [0.2, 0.25) is 5.91 Å². The Morgan fingerprint density at radius 3 is 2.11 bits per heavy atom. The SMILES string of the molecule is CC(=O)NC1(c2ccc(F)cc2)CCN(Cc2ccccc2OCc2cccnc2)CC1.O=C(O)CC(O)(CC(=O)O)C(=O)O. The van der Waals surface area contributed by atoms with E-state index >= 15 is 0 Å². The van der Waals surface area contributed by atoms with Crippen molar-refractivity contribution in [1.29, 1.82) is 0 Å². The van der Waals surface area contributed by atoms with E-state index in [1.165, 1.54) is 19.1 Å². The number of para-hydroxylation sites is 1. The maximum absolute atomic E-state index is 13.4. The third-order valence-electron chi connectivity index (χ3n) is 7.29. The number of likely N-dealkylation sites (tertiary alicyclic amines) is 1. The Morgan fingerprint density at radius 1 is 0.956 bits per heavy atom. The van der Waals surface area contributed by atoms with E-state index in [-0.39, 0.29) is 11.7 Å². The lowest BCUT2D eigenvalue weighted by molar-refractivity contribution is -0.170. The molecule has 0 radical (unpaired) electrons. The van der Waals surface area contributed by atoms with Crippen LogP contribution in [0.4, 0.5) is 4.39 Å². The Labute approximate surface area is 259 Å². The first-order valence-corrected chi connectivity index (χ1v) is 14.1. The summed E-state index contributed by atoms with van der Waals surface area (Å²) in [7, 11) is 0. The number of carboxylic acids is 3. The highest BCUT2D eigenvalue weighted by Gasteiger charge is 2.41. The molecule has 45 heavy (non-hydrogen) atoms. The van der Waals surface area contributed by atoms with Gasteiger partial charge in [-0.05, 0) is 42.7 Å². The van der Waals surface area contributed by atoms with Crippen LogP contribution in [0, 0.1) is 5.82 Å². The van der Waals surface area contributed by atoms with E-state index < -0.39 is 41.9 Å². The summed E-state index contributed by atoms with van der Waals surface area (Å²) in [6, 6.07) is 18.5. The first-order valence-electron chi connectivity index (χ1n) is 14.1. The molecule has 0 aliphatic carbocycles. The van der Waals surface area contributed by atoms with E-state index in [1.807, 2.05) is 36.5 Å². The Kier molecular flexibility index (Phi) is 12.1. The lowest BCUT2D eigenvalue weighted by atomic mass is 9.80. The van der Waals surface area contributed by atoms with Crippen LogP contribution in [-0.4, -0.2) is 72.8 Å². The predicted molar refractivity (Wildman–Crippen MR) is 159 cm³/mol. The first-order chi connectivity index (χ1) is 21.3.